The Bertz CT molecular complexity index is 645. The first-order valence-corrected chi connectivity index (χ1v) is 6.47. The van der Waals surface area contributed by atoms with Crippen molar-refractivity contribution in [2.75, 3.05) is 0 Å². The second-order valence-electron chi connectivity index (χ2n) is 2.64. The van der Waals surface area contributed by atoms with E-state index in [9.17, 15) is 9.59 Å². The van der Waals surface area contributed by atoms with Crippen LogP contribution in [0.2, 0.25) is 0 Å². The Morgan fingerprint density at radius 1 is 1.43 bits per heavy atom. The van der Waals surface area contributed by atoms with Crippen molar-refractivity contribution in [3.8, 4) is 0 Å². The molecule has 1 N–H and O–H groups in total. The Morgan fingerprint density at radius 2 is 2.14 bits per heavy atom. The molecule has 0 radical (unpaired) electrons. The van der Waals surface area contributed by atoms with Crippen molar-refractivity contribution in [2.24, 2.45) is 0 Å². The number of aromatic nitrogens is 2. The normalized spacial score (nSPS) is 10.9. The molecule has 0 bridgehead atoms. The quantitative estimate of drug-likeness (QED) is 0.613. The van der Waals surface area contributed by atoms with Gasteiger partial charge in [0.15, 0.2) is 0 Å². The van der Waals surface area contributed by atoms with Crippen LogP contribution in [0.15, 0.2) is 9.59 Å². The van der Waals surface area contributed by atoms with Gasteiger partial charge in [-0.15, -0.1) is 0 Å². The maximum atomic E-state index is 11.4. The molecule has 0 saturated carbocycles. The van der Waals surface area contributed by atoms with E-state index >= 15 is 0 Å². The third kappa shape index (κ3) is 1.28. The van der Waals surface area contributed by atoms with Crippen LogP contribution in [0.4, 0.5) is 0 Å². The van der Waals surface area contributed by atoms with E-state index in [1.165, 1.54) is 25.2 Å². The zero-order chi connectivity index (χ0) is 10.3. The summed E-state index contributed by atoms with van der Waals surface area (Å²) in [4.78, 5) is 25.7. The number of fused-ring (bicyclic) bond motifs is 1. The fraction of sp³-hybridized carbons (Fsp3) is 0.286. The van der Waals surface area contributed by atoms with Crippen LogP contribution in [0.5, 0.6) is 0 Å². The number of aryl methyl sites for hydroxylation is 1. The van der Waals surface area contributed by atoms with Gasteiger partial charge in [0, 0.05) is 6.54 Å². The van der Waals surface area contributed by atoms with Crippen LogP contribution in [0.25, 0.3) is 10.2 Å². The van der Waals surface area contributed by atoms with Crippen molar-refractivity contribution in [3.05, 3.63) is 24.7 Å². The molecule has 4 nitrogen and oxygen atoms in total. The summed E-state index contributed by atoms with van der Waals surface area (Å²) < 4.78 is 2.07. The first-order valence-electron chi connectivity index (χ1n) is 3.91. The molecule has 0 aliphatic carbocycles. The van der Waals surface area contributed by atoms with Gasteiger partial charge in [-0.25, -0.2) is 4.79 Å². The molecule has 2 rings (SSSR count). The van der Waals surface area contributed by atoms with Gasteiger partial charge < -0.3 is 0 Å². The van der Waals surface area contributed by atoms with Gasteiger partial charge in [0.1, 0.15) is 14.0 Å². The van der Waals surface area contributed by atoms with Crippen LogP contribution in [0.3, 0.4) is 0 Å². The number of hydrogen-bond donors (Lipinski definition) is 1. The van der Waals surface area contributed by atoms with E-state index in [1.807, 2.05) is 6.92 Å². The Morgan fingerprint density at radius 3 is 2.79 bits per heavy atom. The van der Waals surface area contributed by atoms with Crippen LogP contribution in [0, 0.1) is 3.82 Å². The first kappa shape index (κ1) is 9.75. The summed E-state index contributed by atoms with van der Waals surface area (Å²) in [5.41, 5.74) is -0.744. The second-order valence-corrected chi connectivity index (χ2v) is 5.43. The van der Waals surface area contributed by atoms with E-state index in [0.717, 1.165) is 0 Å². The number of hydrogen-bond acceptors (Lipinski definition) is 5. The molecule has 0 aliphatic rings. The van der Waals surface area contributed by atoms with Crippen molar-refractivity contribution in [1.82, 2.24) is 9.55 Å². The Kier molecular flexibility index (Phi) is 2.38. The second kappa shape index (κ2) is 3.41. The van der Waals surface area contributed by atoms with E-state index in [-0.39, 0.29) is 11.2 Å². The minimum absolute atomic E-state index is 0.367. The number of nitrogens with zero attached hydrogens (tertiary/aromatic N) is 1. The molecule has 0 aromatic carbocycles. The standard InChI is InChI=1S/C7H6N2O2S3/c1-2-9-5-3(6(12)14-13-5)4(10)8-7(9)11/h2H2,1H3,(H,8,10,11). The highest BCUT2D eigenvalue weighted by atomic mass is 32.9. The summed E-state index contributed by atoms with van der Waals surface area (Å²) in [5.74, 6) is 0. The van der Waals surface area contributed by atoms with Crippen molar-refractivity contribution in [3.63, 3.8) is 0 Å². The summed E-state index contributed by atoms with van der Waals surface area (Å²) in [7, 11) is 2.72. The maximum absolute atomic E-state index is 11.4. The highest BCUT2D eigenvalue weighted by Crippen LogP contribution is 2.23. The lowest BCUT2D eigenvalue weighted by molar-refractivity contribution is 0.732. The van der Waals surface area contributed by atoms with Gasteiger partial charge in [-0.05, 0) is 6.92 Å². The molecule has 14 heavy (non-hydrogen) atoms. The zero-order valence-corrected chi connectivity index (χ0v) is 9.65. The first-order chi connectivity index (χ1) is 6.65. The molecule has 0 aliphatic heterocycles. The molecule has 0 atom stereocenters. The monoisotopic (exact) mass is 246 g/mol. The molecule has 2 aromatic heterocycles. The molecule has 2 aromatic rings. The molecular weight excluding hydrogens is 240 g/mol. The average molecular weight is 246 g/mol. The molecule has 0 saturated heterocycles. The number of H-pyrrole nitrogens is 1. The van der Waals surface area contributed by atoms with Crippen LogP contribution < -0.4 is 11.2 Å². The van der Waals surface area contributed by atoms with Gasteiger partial charge in [-0.2, -0.15) is 0 Å². The Balaban J connectivity index is 3.16. The predicted molar refractivity (Wildman–Crippen MR) is 61.1 cm³/mol. The third-order valence-corrected chi connectivity index (χ3v) is 4.88. The summed E-state index contributed by atoms with van der Waals surface area (Å²) in [6, 6.07) is 0. The van der Waals surface area contributed by atoms with Crippen molar-refractivity contribution >= 4 is 43.1 Å². The van der Waals surface area contributed by atoms with Gasteiger partial charge >= 0.3 is 5.69 Å². The molecule has 74 valence electrons. The smallest absolute Gasteiger partial charge is 0.284 e. The zero-order valence-electron chi connectivity index (χ0n) is 7.20. The van der Waals surface area contributed by atoms with Crippen LogP contribution in [-0.2, 0) is 6.54 Å². The van der Waals surface area contributed by atoms with Gasteiger partial charge in [0.2, 0.25) is 0 Å². The number of nitrogens with one attached hydrogen (secondary N) is 1. The average Bonchev–Trinajstić information content (AvgIpc) is 2.49. The highest BCUT2D eigenvalue weighted by molar-refractivity contribution is 7.81. The van der Waals surface area contributed by atoms with Crippen molar-refractivity contribution < 1.29 is 0 Å². The minimum atomic E-state index is -0.378. The van der Waals surface area contributed by atoms with Gasteiger partial charge in [-0.3, -0.25) is 14.3 Å². The van der Waals surface area contributed by atoms with E-state index in [2.05, 4.69) is 4.98 Å². The van der Waals surface area contributed by atoms with E-state index in [0.29, 0.717) is 20.6 Å². The lowest BCUT2D eigenvalue weighted by Crippen LogP contribution is -2.29. The fourth-order valence-corrected chi connectivity index (χ4v) is 4.09. The van der Waals surface area contributed by atoms with Gasteiger partial charge in [0.05, 0.1) is 0 Å². The van der Waals surface area contributed by atoms with E-state index in [4.69, 9.17) is 12.2 Å². The van der Waals surface area contributed by atoms with Crippen LogP contribution in [-0.4, -0.2) is 9.55 Å². The van der Waals surface area contributed by atoms with Gasteiger partial charge in [0.25, 0.3) is 5.56 Å². The number of rotatable bonds is 1. The third-order valence-electron chi connectivity index (χ3n) is 1.87. The van der Waals surface area contributed by atoms with Gasteiger partial charge in [-0.1, -0.05) is 32.9 Å². The molecular formula is C7H6N2O2S3. The molecule has 7 heteroatoms. The highest BCUT2D eigenvalue weighted by Gasteiger charge is 2.09. The fourth-order valence-electron chi connectivity index (χ4n) is 1.22. The molecule has 2 heterocycles. The lowest BCUT2D eigenvalue weighted by atomic mass is 10.4. The predicted octanol–water partition coefficient (Wildman–Crippen LogP) is 1.56. The largest absolute Gasteiger partial charge is 0.329 e. The van der Waals surface area contributed by atoms with Crippen molar-refractivity contribution in [2.45, 2.75) is 13.5 Å². The number of aromatic amines is 1. The summed E-state index contributed by atoms with van der Waals surface area (Å²) >= 11 is 5.02. The van der Waals surface area contributed by atoms with Crippen LogP contribution >= 0.6 is 32.9 Å². The summed E-state index contributed by atoms with van der Waals surface area (Å²) in [6.07, 6.45) is 0. The molecule has 0 spiro atoms. The van der Waals surface area contributed by atoms with Crippen molar-refractivity contribution in [1.29, 1.82) is 0 Å². The maximum Gasteiger partial charge on any atom is 0.329 e. The van der Waals surface area contributed by atoms with E-state index in [1.54, 1.807) is 0 Å². The SMILES string of the molecule is CCn1c(=O)[nH]c(=O)c2c(=S)ssc21. The molecule has 0 fully saturated rings. The summed E-state index contributed by atoms with van der Waals surface area (Å²) in [6.45, 7) is 2.39. The Labute approximate surface area is 90.8 Å². The van der Waals surface area contributed by atoms with E-state index < -0.39 is 0 Å². The molecule has 0 unspecified atom stereocenters. The topological polar surface area (TPSA) is 54.9 Å². The van der Waals surface area contributed by atoms with Crippen LogP contribution in [0.1, 0.15) is 6.92 Å². The lowest BCUT2D eigenvalue weighted by Gasteiger charge is -2.00. The summed E-state index contributed by atoms with van der Waals surface area (Å²) in [5, 5.41) is 0.469. The Hall–Kier alpha value is -0.790. The molecule has 0 amide bonds. The minimum Gasteiger partial charge on any atom is -0.284 e.